The SMILES string of the molecule is CC(=O)N1CCC(NC(=O)O[C@H]2CC[C@@]3(C)[C@H](CC[C@@H]4[C@@H]3CC[C@]3(C)[C@@H](c5ccc(=O)oc5)CC[C@]43O)C2)CC1. The Hall–Kier alpha value is -2.35. The highest BCUT2D eigenvalue weighted by Gasteiger charge is 2.67. The van der Waals surface area contributed by atoms with Crippen molar-refractivity contribution in [1.82, 2.24) is 10.2 Å². The van der Waals surface area contributed by atoms with Crippen molar-refractivity contribution in [3.05, 3.63) is 34.4 Å². The molecule has 6 rings (SSSR count). The van der Waals surface area contributed by atoms with Gasteiger partial charge >= 0.3 is 11.7 Å². The van der Waals surface area contributed by atoms with Crippen LogP contribution in [0, 0.1) is 28.6 Å². The summed E-state index contributed by atoms with van der Waals surface area (Å²) in [5.74, 6) is 1.53. The summed E-state index contributed by atoms with van der Waals surface area (Å²) in [5, 5.41) is 15.5. The highest BCUT2D eigenvalue weighted by Crippen LogP contribution is 2.70. The first kappa shape index (κ1) is 27.8. The Morgan fingerprint density at radius 1 is 1.00 bits per heavy atom. The Labute approximate surface area is 237 Å². The van der Waals surface area contributed by atoms with Gasteiger partial charge in [0, 0.05) is 37.5 Å². The summed E-state index contributed by atoms with van der Waals surface area (Å²) >= 11 is 0. The number of alkyl carbamates (subject to hydrolysis) is 1. The number of rotatable bonds is 3. The fraction of sp³-hybridized carbons (Fsp3) is 0.781. The van der Waals surface area contributed by atoms with Crippen LogP contribution in [0.5, 0.6) is 0 Å². The average molecular weight is 555 g/mol. The van der Waals surface area contributed by atoms with Crippen LogP contribution >= 0.6 is 0 Å². The van der Waals surface area contributed by atoms with Crippen molar-refractivity contribution in [3.8, 4) is 0 Å². The predicted octanol–water partition coefficient (Wildman–Crippen LogP) is 4.99. The molecule has 1 aliphatic heterocycles. The summed E-state index contributed by atoms with van der Waals surface area (Å²) in [6.07, 6.45) is 11.4. The number of nitrogens with one attached hydrogen (secondary N) is 1. The van der Waals surface area contributed by atoms with E-state index < -0.39 is 5.60 Å². The Kier molecular flexibility index (Phi) is 7.07. The Balaban J connectivity index is 1.09. The van der Waals surface area contributed by atoms with Crippen molar-refractivity contribution in [2.24, 2.45) is 28.6 Å². The van der Waals surface area contributed by atoms with Crippen LogP contribution in [0.1, 0.15) is 103 Å². The molecule has 5 aliphatic rings. The highest BCUT2D eigenvalue weighted by molar-refractivity contribution is 5.73. The molecule has 4 aliphatic carbocycles. The van der Waals surface area contributed by atoms with Crippen LogP contribution in [0.2, 0.25) is 0 Å². The number of carbonyl (C=O) groups excluding carboxylic acids is 2. The van der Waals surface area contributed by atoms with Crippen LogP contribution in [-0.2, 0) is 9.53 Å². The summed E-state index contributed by atoms with van der Waals surface area (Å²) < 4.78 is 11.2. The number of aliphatic hydroxyl groups is 1. The largest absolute Gasteiger partial charge is 0.446 e. The molecule has 1 saturated heterocycles. The third-order valence-electron chi connectivity index (χ3n) is 12.5. The molecule has 0 spiro atoms. The third-order valence-corrected chi connectivity index (χ3v) is 12.5. The number of carbonyl (C=O) groups is 2. The molecule has 5 fully saturated rings. The molecule has 0 aromatic carbocycles. The van der Waals surface area contributed by atoms with Gasteiger partial charge in [0.2, 0.25) is 5.91 Å². The van der Waals surface area contributed by atoms with Gasteiger partial charge in [0.25, 0.3) is 0 Å². The zero-order valence-corrected chi connectivity index (χ0v) is 24.3. The number of nitrogens with zero attached hydrogens (tertiary/aromatic N) is 1. The van der Waals surface area contributed by atoms with Gasteiger partial charge in [-0.3, -0.25) is 4.79 Å². The summed E-state index contributed by atoms with van der Waals surface area (Å²) in [6, 6.07) is 3.46. The zero-order chi connectivity index (χ0) is 28.3. The lowest BCUT2D eigenvalue weighted by atomic mass is 9.43. The lowest BCUT2D eigenvalue weighted by molar-refractivity contribution is -0.205. The topological polar surface area (TPSA) is 109 Å². The number of amides is 2. The van der Waals surface area contributed by atoms with E-state index in [-0.39, 0.29) is 52.4 Å². The van der Waals surface area contributed by atoms with Crippen molar-refractivity contribution in [2.45, 2.75) is 115 Å². The van der Waals surface area contributed by atoms with E-state index in [9.17, 15) is 19.5 Å². The van der Waals surface area contributed by atoms with Crippen molar-refractivity contribution in [3.63, 3.8) is 0 Å². The molecule has 8 heteroatoms. The molecule has 0 radical (unpaired) electrons. The molecule has 40 heavy (non-hydrogen) atoms. The second-order valence-corrected chi connectivity index (χ2v) is 14.1. The fourth-order valence-electron chi connectivity index (χ4n) is 10.1. The summed E-state index contributed by atoms with van der Waals surface area (Å²) in [7, 11) is 0. The smallest absolute Gasteiger partial charge is 0.407 e. The van der Waals surface area contributed by atoms with Crippen LogP contribution in [0.3, 0.4) is 0 Å². The molecule has 1 aromatic heterocycles. The van der Waals surface area contributed by atoms with E-state index in [0.717, 1.165) is 76.2 Å². The lowest BCUT2D eigenvalue weighted by Crippen LogP contribution is -2.62. The van der Waals surface area contributed by atoms with Gasteiger partial charge < -0.3 is 24.5 Å². The zero-order valence-electron chi connectivity index (χ0n) is 24.3. The molecular formula is C32H46N2O6. The van der Waals surface area contributed by atoms with Crippen molar-refractivity contribution in [2.75, 3.05) is 13.1 Å². The minimum Gasteiger partial charge on any atom is -0.446 e. The standard InChI is InChI=1S/C32H46N2O6/c1-20(35)34-16-11-23(12-17-34)33-29(37)40-24-8-13-30(2)22(18-24)5-6-27-26(30)9-14-31(3)25(10-15-32(27,31)38)21-4-7-28(36)39-19-21/h4,7,19,22-27,38H,5-6,8-18H2,1-3H3,(H,33,37)/t22-,24+,25-,26+,27-,30+,31-,32+/m1/s1. The molecule has 2 N–H and O–H groups in total. The van der Waals surface area contributed by atoms with Crippen LogP contribution in [0.25, 0.3) is 0 Å². The second-order valence-electron chi connectivity index (χ2n) is 14.1. The summed E-state index contributed by atoms with van der Waals surface area (Å²) in [6.45, 7) is 7.67. The number of ether oxygens (including phenoxy) is 1. The molecule has 220 valence electrons. The molecule has 1 aromatic rings. The second kappa shape index (κ2) is 10.2. The molecule has 0 unspecified atom stereocenters. The minimum atomic E-state index is -0.712. The van der Waals surface area contributed by atoms with E-state index >= 15 is 0 Å². The van der Waals surface area contributed by atoms with Crippen LogP contribution in [0.4, 0.5) is 4.79 Å². The summed E-state index contributed by atoms with van der Waals surface area (Å²) in [5.41, 5.74) is -0.0829. The van der Waals surface area contributed by atoms with Gasteiger partial charge in [-0.15, -0.1) is 0 Å². The Morgan fingerprint density at radius 3 is 2.48 bits per heavy atom. The summed E-state index contributed by atoms with van der Waals surface area (Å²) in [4.78, 5) is 37.7. The van der Waals surface area contributed by atoms with E-state index in [0.29, 0.717) is 24.9 Å². The molecule has 2 heterocycles. The number of fused-ring (bicyclic) bond motifs is 5. The van der Waals surface area contributed by atoms with Gasteiger partial charge in [-0.1, -0.05) is 13.8 Å². The monoisotopic (exact) mass is 554 g/mol. The maximum absolute atomic E-state index is 12.8. The number of hydrogen-bond acceptors (Lipinski definition) is 6. The Morgan fingerprint density at radius 2 is 1.77 bits per heavy atom. The first-order chi connectivity index (χ1) is 19.0. The van der Waals surface area contributed by atoms with Gasteiger partial charge in [-0.25, -0.2) is 9.59 Å². The molecule has 8 atom stereocenters. The molecule has 4 saturated carbocycles. The van der Waals surface area contributed by atoms with Crippen molar-refractivity contribution in [1.29, 1.82) is 0 Å². The van der Waals surface area contributed by atoms with Gasteiger partial charge in [0.05, 0.1) is 11.9 Å². The first-order valence-electron chi connectivity index (χ1n) is 15.6. The number of piperidine rings is 1. The highest BCUT2D eigenvalue weighted by atomic mass is 16.6. The van der Waals surface area contributed by atoms with E-state index in [1.807, 2.05) is 11.0 Å². The van der Waals surface area contributed by atoms with Crippen LogP contribution in [-0.4, -0.2) is 52.8 Å². The van der Waals surface area contributed by atoms with Gasteiger partial charge in [-0.05, 0) is 111 Å². The molecular weight excluding hydrogens is 508 g/mol. The fourth-order valence-corrected chi connectivity index (χ4v) is 10.1. The minimum absolute atomic E-state index is 0.0619. The molecule has 8 nitrogen and oxygen atoms in total. The van der Waals surface area contributed by atoms with E-state index in [2.05, 4.69) is 19.2 Å². The Bertz CT molecular complexity index is 1170. The molecule has 0 bridgehead atoms. The van der Waals surface area contributed by atoms with Crippen molar-refractivity contribution >= 4 is 12.0 Å². The number of hydrogen-bond donors (Lipinski definition) is 2. The van der Waals surface area contributed by atoms with Crippen molar-refractivity contribution < 1.29 is 23.8 Å². The maximum atomic E-state index is 12.8. The van der Waals surface area contributed by atoms with Gasteiger partial charge in [0.1, 0.15) is 6.10 Å². The third kappa shape index (κ3) is 4.49. The van der Waals surface area contributed by atoms with Gasteiger partial charge in [-0.2, -0.15) is 0 Å². The first-order valence-corrected chi connectivity index (χ1v) is 15.6. The predicted molar refractivity (Wildman–Crippen MR) is 150 cm³/mol. The normalized spacial score (nSPS) is 41.4. The number of likely N-dealkylation sites (tertiary alicyclic amines) is 1. The quantitative estimate of drug-likeness (QED) is 0.545. The van der Waals surface area contributed by atoms with Gasteiger partial charge in [0.15, 0.2) is 0 Å². The van der Waals surface area contributed by atoms with Crippen LogP contribution in [0.15, 0.2) is 27.6 Å². The lowest BCUT2D eigenvalue weighted by Gasteiger charge is -2.63. The average Bonchev–Trinajstić information content (AvgIpc) is 3.20. The molecule has 2 amide bonds. The maximum Gasteiger partial charge on any atom is 0.407 e. The van der Waals surface area contributed by atoms with E-state index in [4.69, 9.17) is 9.15 Å². The van der Waals surface area contributed by atoms with E-state index in [1.165, 1.54) is 6.07 Å². The van der Waals surface area contributed by atoms with E-state index in [1.54, 1.807) is 13.2 Å². The van der Waals surface area contributed by atoms with Crippen LogP contribution < -0.4 is 10.9 Å².